The highest BCUT2D eigenvalue weighted by Gasteiger charge is 2.22. The number of hydrogen-bond acceptors (Lipinski definition) is 7. The highest BCUT2D eigenvalue weighted by atomic mass is 19.1. The first-order valence-corrected chi connectivity index (χ1v) is 11.6. The van der Waals surface area contributed by atoms with E-state index in [0.717, 1.165) is 31.5 Å². The van der Waals surface area contributed by atoms with Crippen molar-refractivity contribution < 1.29 is 28.2 Å². The van der Waals surface area contributed by atoms with Gasteiger partial charge in [-0.1, -0.05) is 6.07 Å². The summed E-state index contributed by atoms with van der Waals surface area (Å²) in [6.45, 7) is 6.85. The first-order valence-electron chi connectivity index (χ1n) is 11.6. The molecule has 0 bridgehead atoms. The molecule has 0 spiro atoms. The third kappa shape index (κ3) is 5.77. The summed E-state index contributed by atoms with van der Waals surface area (Å²) in [6, 6.07) is 9.41. The lowest BCUT2D eigenvalue weighted by molar-refractivity contribution is -0.136. The summed E-state index contributed by atoms with van der Waals surface area (Å²) in [5.41, 5.74) is 2.91. The van der Waals surface area contributed by atoms with Gasteiger partial charge in [0.2, 0.25) is 5.82 Å². The van der Waals surface area contributed by atoms with Gasteiger partial charge in [-0.3, -0.25) is 9.69 Å². The molecule has 0 radical (unpaired) electrons. The first-order chi connectivity index (χ1) is 16.4. The molecule has 0 saturated carbocycles. The molecule has 4 rings (SSSR count). The van der Waals surface area contributed by atoms with Gasteiger partial charge in [0.15, 0.2) is 17.1 Å². The molecule has 1 aromatic heterocycles. The van der Waals surface area contributed by atoms with Gasteiger partial charge in [0, 0.05) is 25.7 Å². The van der Waals surface area contributed by atoms with Gasteiger partial charge in [0.1, 0.15) is 5.52 Å². The fourth-order valence-electron chi connectivity index (χ4n) is 4.23. The number of likely N-dealkylation sites (tertiary alicyclic amines) is 1. The van der Waals surface area contributed by atoms with Crippen LogP contribution in [-0.2, 0) is 17.8 Å². The molecule has 0 aliphatic carbocycles. The number of hydrogen-bond donors (Lipinski definition) is 2. The number of anilines is 1. The number of benzene rings is 2. The molecule has 0 unspecified atom stereocenters. The van der Waals surface area contributed by atoms with Crippen molar-refractivity contribution in [2.24, 2.45) is 0 Å². The number of ether oxygens (including phenoxy) is 2. The molecule has 1 saturated heterocycles. The summed E-state index contributed by atoms with van der Waals surface area (Å²) >= 11 is 0. The number of piperidine rings is 1. The zero-order valence-corrected chi connectivity index (χ0v) is 19.5. The van der Waals surface area contributed by atoms with Gasteiger partial charge in [-0.05, 0) is 62.1 Å². The molecule has 8 nitrogen and oxygen atoms in total. The first kappa shape index (κ1) is 23.8. The van der Waals surface area contributed by atoms with Crippen molar-refractivity contribution in [2.75, 3.05) is 31.6 Å². The largest absolute Gasteiger partial charge is 0.491 e. The van der Waals surface area contributed by atoms with Crippen LogP contribution < -0.4 is 14.8 Å². The SMILES string of the molecule is CCOc1cc(CN2CCC(Nc3nc4cc(CC(=O)O)ccc4o3)CC2)cc(OCC)c1F. The summed E-state index contributed by atoms with van der Waals surface area (Å²) in [4.78, 5) is 17.7. The number of nitrogens with one attached hydrogen (secondary N) is 1. The summed E-state index contributed by atoms with van der Waals surface area (Å²) in [6.07, 6.45) is 1.76. The summed E-state index contributed by atoms with van der Waals surface area (Å²) in [7, 11) is 0. The third-order valence-electron chi connectivity index (χ3n) is 5.79. The molecule has 0 atom stereocenters. The number of fused-ring (bicyclic) bond motifs is 1. The van der Waals surface area contributed by atoms with Crippen LogP contribution in [0.2, 0.25) is 0 Å². The van der Waals surface area contributed by atoms with E-state index in [9.17, 15) is 9.18 Å². The molecule has 1 aliphatic rings. The Hall–Kier alpha value is -3.33. The molecular formula is C25H30FN3O5. The van der Waals surface area contributed by atoms with Crippen LogP contribution in [0.4, 0.5) is 10.4 Å². The zero-order valence-electron chi connectivity index (χ0n) is 19.5. The molecule has 9 heteroatoms. The fourth-order valence-corrected chi connectivity index (χ4v) is 4.23. The molecule has 182 valence electrons. The second-order valence-corrected chi connectivity index (χ2v) is 8.36. The number of nitrogens with zero attached hydrogens (tertiary/aromatic N) is 2. The van der Waals surface area contributed by atoms with Crippen LogP contribution in [0.5, 0.6) is 11.5 Å². The minimum Gasteiger partial charge on any atom is -0.491 e. The monoisotopic (exact) mass is 471 g/mol. The Bertz CT molecular complexity index is 1110. The second-order valence-electron chi connectivity index (χ2n) is 8.36. The second kappa shape index (κ2) is 10.7. The number of carboxylic acid groups (broad SMARTS) is 1. The van der Waals surface area contributed by atoms with Crippen LogP contribution in [0.25, 0.3) is 11.1 Å². The number of aromatic nitrogens is 1. The highest BCUT2D eigenvalue weighted by molar-refractivity contribution is 5.78. The Kier molecular flexibility index (Phi) is 7.52. The highest BCUT2D eigenvalue weighted by Crippen LogP contribution is 2.30. The standard InChI is InChI=1S/C25H30FN3O5/c1-3-32-21-12-17(13-22(24(21)26)33-4-2)15-29-9-7-18(8-10-29)27-25-28-19-11-16(14-23(30)31)5-6-20(19)34-25/h5-6,11-13,18H,3-4,7-10,14-15H2,1-2H3,(H,27,28)(H,30,31). The van der Waals surface area contributed by atoms with Crippen molar-refractivity contribution in [1.29, 1.82) is 0 Å². The summed E-state index contributed by atoms with van der Waals surface area (Å²) in [5.74, 6) is -0.884. The molecular weight excluding hydrogens is 441 g/mol. The zero-order chi connectivity index (χ0) is 24.1. The van der Waals surface area contributed by atoms with Crippen LogP contribution in [0, 0.1) is 5.82 Å². The van der Waals surface area contributed by atoms with Crippen LogP contribution in [0.3, 0.4) is 0 Å². The lowest BCUT2D eigenvalue weighted by atomic mass is 10.0. The van der Waals surface area contributed by atoms with Crippen LogP contribution in [0.1, 0.15) is 37.8 Å². The smallest absolute Gasteiger partial charge is 0.307 e. The lowest BCUT2D eigenvalue weighted by Gasteiger charge is -2.32. The van der Waals surface area contributed by atoms with E-state index >= 15 is 0 Å². The van der Waals surface area contributed by atoms with E-state index in [1.807, 2.05) is 13.8 Å². The maximum absolute atomic E-state index is 14.5. The number of carboxylic acids is 1. The van der Waals surface area contributed by atoms with E-state index in [0.29, 0.717) is 42.4 Å². The van der Waals surface area contributed by atoms with Crippen molar-refractivity contribution in [1.82, 2.24) is 9.88 Å². The van der Waals surface area contributed by atoms with Crippen molar-refractivity contribution in [2.45, 2.75) is 45.7 Å². The molecule has 34 heavy (non-hydrogen) atoms. The molecule has 2 heterocycles. The quantitative estimate of drug-likeness (QED) is 0.447. The number of rotatable bonds is 10. The molecule has 3 aromatic rings. The van der Waals surface area contributed by atoms with Gasteiger partial charge in [-0.2, -0.15) is 9.37 Å². The van der Waals surface area contributed by atoms with Crippen LogP contribution in [0.15, 0.2) is 34.7 Å². The Labute approximate surface area is 197 Å². The lowest BCUT2D eigenvalue weighted by Crippen LogP contribution is -2.38. The van der Waals surface area contributed by atoms with Gasteiger partial charge in [0.25, 0.3) is 6.01 Å². The maximum Gasteiger partial charge on any atom is 0.307 e. The van der Waals surface area contributed by atoms with Crippen LogP contribution >= 0.6 is 0 Å². The van der Waals surface area contributed by atoms with E-state index in [1.165, 1.54) is 0 Å². The predicted molar refractivity (Wildman–Crippen MR) is 126 cm³/mol. The number of aliphatic carboxylic acids is 1. The molecule has 2 N–H and O–H groups in total. The van der Waals surface area contributed by atoms with E-state index < -0.39 is 11.8 Å². The summed E-state index contributed by atoms with van der Waals surface area (Å²) in [5, 5.41) is 12.3. The normalized spacial score (nSPS) is 14.9. The number of halogens is 1. The molecule has 1 aliphatic heterocycles. The third-order valence-corrected chi connectivity index (χ3v) is 5.79. The van der Waals surface area contributed by atoms with Crippen molar-refractivity contribution in [3.63, 3.8) is 0 Å². The molecule has 1 fully saturated rings. The van der Waals surface area contributed by atoms with Crippen LogP contribution in [-0.4, -0.2) is 53.3 Å². The number of carbonyl (C=O) groups is 1. The van der Waals surface area contributed by atoms with Gasteiger partial charge >= 0.3 is 5.97 Å². The number of oxazole rings is 1. The molecule has 0 amide bonds. The average Bonchev–Trinajstić information content (AvgIpc) is 3.19. The van der Waals surface area contributed by atoms with E-state index in [2.05, 4.69) is 15.2 Å². The topological polar surface area (TPSA) is 97.1 Å². The Morgan fingerprint density at radius 2 is 1.82 bits per heavy atom. The Morgan fingerprint density at radius 3 is 2.44 bits per heavy atom. The molecule has 2 aromatic carbocycles. The predicted octanol–water partition coefficient (Wildman–Crippen LogP) is 4.47. The average molecular weight is 472 g/mol. The van der Waals surface area contributed by atoms with Crippen molar-refractivity contribution in [3.05, 3.63) is 47.3 Å². The van der Waals surface area contributed by atoms with E-state index in [4.69, 9.17) is 19.0 Å². The van der Waals surface area contributed by atoms with Gasteiger partial charge in [0.05, 0.1) is 19.6 Å². The Balaban J connectivity index is 1.35. The summed E-state index contributed by atoms with van der Waals surface area (Å²) < 4.78 is 31.2. The van der Waals surface area contributed by atoms with E-state index in [1.54, 1.807) is 30.3 Å². The van der Waals surface area contributed by atoms with Gasteiger partial charge in [-0.25, -0.2) is 0 Å². The van der Waals surface area contributed by atoms with Crippen molar-refractivity contribution in [3.8, 4) is 11.5 Å². The minimum atomic E-state index is -0.878. The van der Waals surface area contributed by atoms with E-state index in [-0.39, 0.29) is 24.0 Å². The van der Waals surface area contributed by atoms with Gasteiger partial charge < -0.3 is 24.3 Å². The Morgan fingerprint density at radius 1 is 1.15 bits per heavy atom. The maximum atomic E-state index is 14.5. The van der Waals surface area contributed by atoms with Crippen molar-refractivity contribution >= 4 is 23.1 Å². The fraction of sp³-hybridized carbons (Fsp3) is 0.440. The van der Waals surface area contributed by atoms with Gasteiger partial charge in [-0.15, -0.1) is 0 Å². The minimum absolute atomic E-state index is 0.0454.